The molecule has 3 aromatic heterocycles. The zero-order valence-corrected chi connectivity index (χ0v) is 18.0. The largest absolute Gasteiger partial charge is 0.384 e. The average molecular weight is 463 g/mol. The Hall–Kier alpha value is -3.48. The summed E-state index contributed by atoms with van der Waals surface area (Å²) in [6, 6.07) is 1.73. The van der Waals surface area contributed by atoms with Gasteiger partial charge in [0.05, 0.1) is 24.6 Å². The maximum Gasteiger partial charge on any atom is 0.275 e. The normalized spacial score (nSPS) is 15.9. The van der Waals surface area contributed by atoms with Crippen molar-refractivity contribution in [3.63, 3.8) is 0 Å². The molecule has 3 heterocycles. The van der Waals surface area contributed by atoms with Gasteiger partial charge in [-0.15, -0.1) is 0 Å². The molecule has 3 aromatic rings. The molecule has 4 rings (SSSR count). The molecule has 0 bridgehead atoms. The second-order valence-corrected chi connectivity index (χ2v) is 8.71. The first-order valence-corrected chi connectivity index (χ1v) is 10.3. The highest BCUT2D eigenvalue weighted by atomic mass is 19.3. The number of halogens is 2. The Bertz CT molecular complexity index is 1180. The highest BCUT2D eigenvalue weighted by molar-refractivity contribution is 5.93. The van der Waals surface area contributed by atoms with Gasteiger partial charge < -0.3 is 15.7 Å². The zero-order valence-electron chi connectivity index (χ0n) is 18.0. The molecule has 0 aliphatic heterocycles. The Balaban J connectivity index is 1.32. The van der Waals surface area contributed by atoms with E-state index in [1.807, 2.05) is 0 Å². The highest BCUT2D eigenvalue weighted by Crippen LogP contribution is 2.43. The van der Waals surface area contributed by atoms with Gasteiger partial charge in [-0.05, 0) is 36.6 Å². The number of rotatable bonds is 8. The third-order valence-electron chi connectivity index (χ3n) is 5.28. The summed E-state index contributed by atoms with van der Waals surface area (Å²) in [7, 11) is 0. The average Bonchev–Trinajstić information content (AvgIpc) is 3.35. The van der Waals surface area contributed by atoms with E-state index < -0.39 is 17.4 Å². The molecule has 1 aliphatic rings. The number of nitrogens with zero attached hydrogens (tertiary/aromatic N) is 5. The molecule has 0 aromatic carbocycles. The summed E-state index contributed by atoms with van der Waals surface area (Å²) < 4.78 is 31.9. The number of hydrogen-bond acceptors (Lipinski definition) is 8. The van der Waals surface area contributed by atoms with E-state index in [1.165, 1.54) is 18.4 Å². The fraction of sp³-hybridized carbons (Fsp3) is 0.500. The van der Waals surface area contributed by atoms with Crippen molar-refractivity contribution in [1.29, 1.82) is 0 Å². The van der Waals surface area contributed by atoms with Crippen LogP contribution in [0.4, 0.5) is 8.78 Å². The van der Waals surface area contributed by atoms with Crippen LogP contribution in [0.2, 0.25) is 0 Å². The number of fused-ring (bicyclic) bond motifs is 1. The molecule has 0 unspecified atom stereocenters. The van der Waals surface area contributed by atoms with Crippen molar-refractivity contribution in [2.75, 3.05) is 0 Å². The second-order valence-electron chi connectivity index (χ2n) is 8.71. The minimum atomic E-state index is -2.64. The summed E-state index contributed by atoms with van der Waals surface area (Å²) >= 11 is 0. The number of carbonyl (C=O) groups excluding carboxylic acids is 2. The molecule has 13 heteroatoms. The Kier molecular flexibility index (Phi) is 5.82. The quantitative estimate of drug-likeness (QED) is 0.453. The highest BCUT2D eigenvalue weighted by Gasteiger charge is 2.45. The predicted molar refractivity (Wildman–Crippen MR) is 108 cm³/mol. The lowest BCUT2D eigenvalue weighted by Crippen LogP contribution is -2.38. The standard InChI is InChI=1S/C20H23F2N7O4/c1-19(2,32)17-16(27-33-28-17)18(31)24-9-13-10-29-14(26-13)3-12(8-25-29)7-23-15(30)4-11-5-20(21,22)6-11/h3,8,10-11,32H,4-7,9H2,1-2H3,(H,23,30)(H,24,31). The fourth-order valence-electron chi connectivity index (χ4n) is 3.60. The van der Waals surface area contributed by atoms with Crippen molar-refractivity contribution in [1.82, 2.24) is 35.5 Å². The van der Waals surface area contributed by atoms with E-state index in [9.17, 15) is 23.5 Å². The Labute approximate surface area is 186 Å². The SMILES string of the molecule is CC(C)(O)c1nonc1C(=O)NCc1cn2ncc(CNC(=O)CC3CC(F)(F)C3)cc2n1. The molecule has 0 atom stereocenters. The van der Waals surface area contributed by atoms with Crippen LogP contribution in [0.15, 0.2) is 23.1 Å². The lowest BCUT2D eigenvalue weighted by Gasteiger charge is -2.34. The van der Waals surface area contributed by atoms with Crippen LogP contribution in [-0.4, -0.2) is 47.8 Å². The number of aromatic nitrogens is 5. The number of imidazole rings is 1. The van der Waals surface area contributed by atoms with Gasteiger partial charge in [0.1, 0.15) is 11.3 Å². The van der Waals surface area contributed by atoms with E-state index in [2.05, 4.69) is 35.7 Å². The number of alkyl halides is 2. The summed E-state index contributed by atoms with van der Waals surface area (Å²) in [5, 5.41) is 26.8. The number of aliphatic hydroxyl groups is 1. The smallest absolute Gasteiger partial charge is 0.275 e. The van der Waals surface area contributed by atoms with Crippen molar-refractivity contribution in [3.8, 4) is 0 Å². The van der Waals surface area contributed by atoms with Crippen LogP contribution in [0.3, 0.4) is 0 Å². The third-order valence-corrected chi connectivity index (χ3v) is 5.28. The molecular formula is C20H23F2N7O4. The van der Waals surface area contributed by atoms with E-state index in [1.54, 1.807) is 18.5 Å². The molecule has 1 saturated carbocycles. The first kappa shape index (κ1) is 22.7. The molecule has 176 valence electrons. The third kappa shape index (κ3) is 5.30. The van der Waals surface area contributed by atoms with Gasteiger partial charge in [-0.25, -0.2) is 22.9 Å². The van der Waals surface area contributed by atoms with E-state index in [0.29, 0.717) is 16.9 Å². The number of carbonyl (C=O) groups is 2. The molecule has 11 nitrogen and oxygen atoms in total. The zero-order chi connectivity index (χ0) is 23.8. The van der Waals surface area contributed by atoms with Gasteiger partial charge in [0.25, 0.3) is 5.91 Å². The van der Waals surface area contributed by atoms with E-state index >= 15 is 0 Å². The maximum absolute atomic E-state index is 12.9. The van der Waals surface area contributed by atoms with E-state index in [0.717, 1.165) is 0 Å². The predicted octanol–water partition coefficient (Wildman–Crippen LogP) is 1.32. The minimum Gasteiger partial charge on any atom is -0.384 e. The second kappa shape index (κ2) is 8.46. The van der Waals surface area contributed by atoms with Crippen molar-refractivity contribution >= 4 is 17.5 Å². The Morgan fingerprint density at radius 2 is 2.03 bits per heavy atom. The monoisotopic (exact) mass is 463 g/mol. The Morgan fingerprint density at radius 1 is 1.27 bits per heavy atom. The summed E-state index contributed by atoms with van der Waals surface area (Å²) in [5.41, 5.74) is 0.227. The van der Waals surface area contributed by atoms with Crippen LogP contribution in [-0.2, 0) is 23.5 Å². The lowest BCUT2D eigenvalue weighted by atomic mass is 9.79. The van der Waals surface area contributed by atoms with Crippen molar-refractivity contribution in [3.05, 3.63) is 41.1 Å². The van der Waals surface area contributed by atoms with Crippen molar-refractivity contribution in [2.24, 2.45) is 5.92 Å². The lowest BCUT2D eigenvalue weighted by molar-refractivity contribution is -0.133. The van der Waals surface area contributed by atoms with Crippen molar-refractivity contribution in [2.45, 2.75) is 57.7 Å². The van der Waals surface area contributed by atoms with Gasteiger partial charge in [-0.1, -0.05) is 5.16 Å². The van der Waals surface area contributed by atoms with Gasteiger partial charge in [-0.3, -0.25) is 9.59 Å². The van der Waals surface area contributed by atoms with Gasteiger partial charge in [0.15, 0.2) is 11.3 Å². The van der Waals surface area contributed by atoms with Crippen LogP contribution in [0.5, 0.6) is 0 Å². The number of hydrogen-bond donors (Lipinski definition) is 3. The minimum absolute atomic E-state index is 0.0226. The van der Waals surface area contributed by atoms with Gasteiger partial charge in [0, 0.05) is 25.8 Å². The molecule has 3 N–H and O–H groups in total. The molecule has 33 heavy (non-hydrogen) atoms. The van der Waals surface area contributed by atoms with Crippen LogP contribution >= 0.6 is 0 Å². The summed E-state index contributed by atoms with van der Waals surface area (Å²) in [4.78, 5) is 28.7. The maximum atomic E-state index is 12.9. The number of amides is 2. The first-order chi connectivity index (χ1) is 15.5. The van der Waals surface area contributed by atoms with Crippen LogP contribution in [0.1, 0.15) is 60.5 Å². The van der Waals surface area contributed by atoms with Gasteiger partial charge in [-0.2, -0.15) is 5.10 Å². The fourth-order valence-corrected chi connectivity index (χ4v) is 3.60. The molecule has 1 fully saturated rings. The molecule has 0 saturated heterocycles. The molecular weight excluding hydrogens is 440 g/mol. The Morgan fingerprint density at radius 3 is 2.73 bits per heavy atom. The first-order valence-electron chi connectivity index (χ1n) is 10.3. The van der Waals surface area contributed by atoms with Crippen molar-refractivity contribution < 1.29 is 28.1 Å². The topological polar surface area (TPSA) is 148 Å². The van der Waals surface area contributed by atoms with Gasteiger partial charge in [0.2, 0.25) is 11.8 Å². The van der Waals surface area contributed by atoms with Crippen LogP contribution in [0, 0.1) is 5.92 Å². The summed E-state index contributed by atoms with van der Waals surface area (Å²) in [6.07, 6.45) is 2.79. The summed E-state index contributed by atoms with van der Waals surface area (Å²) in [5.74, 6) is -3.78. The van der Waals surface area contributed by atoms with E-state index in [-0.39, 0.29) is 55.6 Å². The van der Waals surface area contributed by atoms with Crippen LogP contribution < -0.4 is 10.6 Å². The van der Waals surface area contributed by atoms with E-state index in [4.69, 9.17) is 0 Å². The molecule has 2 amide bonds. The van der Waals surface area contributed by atoms with Gasteiger partial charge >= 0.3 is 0 Å². The molecule has 1 aliphatic carbocycles. The number of nitrogens with one attached hydrogen (secondary N) is 2. The summed E-state index contributed by atoms with van der Waals surface area (Å²) in [6.45, 7) is 3.19. The van der Waals surface area contributed by atoms with Crippen LogP contribution in [0.25, 0.3) is 5.65 Å². The molecule has 0 spiro atoms. The molecule has 0 radical (unpaired) electrons.